The highest BCUT2D eigenvalue weighted by atomic mass is 16.3. The highest BCUT2D eigenvalue weighted by molar-refractivity contribution is 5.60. The summed E-state index contributed by atoms with van der Waals surface area (Å²) in [5.74, 6) is 0.763. The van der Waals surface area contributed by atoms with Crippen molar-refractivity contribution >= 4 is 0 Å². The van der Waals surface area contributed by atoms with E-state index in [0.717, 1.165) is 50.9 Å². The summed E-state index contributed by atoms with van der Waals surface area (Å²) in [6, 6.07) is 43.0. The molecule has 3 unspecified atom stereocenters. The molecular formula is C48H46O6. The van der Waals surface area contributed by atoms with Gasteiger partial charge in [0.15, 0.2) is 0 Å². The normalized spacial score (nSPS) is 17.2. The number of hydrogen-bond donors (Lipinski definition) is 6. The van der Waals surface area contributed by atoms with Gasteiger partial charge in [-0.05, 0) is 138 Å². The quantitative estimate of drug-likeness (QED) is 0.0655. The van der Waals surface area contributed by atoms with Gasteiger partial charge in [0.1, 0.15) is 28.7 Å². The SMILES string of the molecule is CC(c1ccc(O)cc1)(c1ccc(O)cc1)c1cc(C(C)(c2ccc(O)cc2)c2ccc(O)cc2)cc(C(C)(c2ccc(O)cc2)C2C=CC(O)CC2)c1. The number of hydrogen-bond acceptors (Lipinski definition) is 6. The molecule has 0 aliphatic heterocycles. The van der Waals surface area contributed by atoms with Crippen LogP contribution in [0.1, 0.15) is 78.1 Å². The van der Waals surface area contributed by atoms with Gasteiger partial charge in [0.05, 0.1) is 6.10 Å². The van der Waals surface area contributed by atoms with Gasteiger partial charge in [-0.25, -0.2) is 0 Å². The molecule has 3 atom stereocenters. The third-order valence-corrected chi connectivity index (χ3v) is 12.0. The van der Waals surface area contributed by atoms with Gasteiger partial charge in [-0.3, -0.25) is 0 Å². The van der Waals surface area contributed by atoms with Crippen LogP contribution >= 0.6 is 0 Å². The molecule has 6 heteroatoms. The fourth-order valence-corrected chi connectivity index (χ4v) is 8.37. The largest absolute Gasteiger partial charge is 0.508 e. The second-order valence-electron chi connectivity index (χ2n) is 15.1. The van der Waals surface area contributed by atoms with E-state index in [4.69, 9.17) is 0 Å². The van der Waals surface area contributed by atoms with Crippen LogP contribution in [0.3, 0.4) is 0 Å². The maximum absolute atomic E-state index is 10.6. The van der Waals surface area contributed by atoms with Gasteiger partial charge in [-0.15, -0.1) is 0 Å². The molecular weight excluding hydrogens is 673 g/mol. The number of phenolic OH excluding ortho intramolecular Hbond substituents is 5. The molecule has 0 saturated heterocycles. The third-order valence-electron chi connectivity index (χ3n) is 12.0. The van der Waals surface area contributed by atoms with Crippen LogP contribution in [0.4, 0.5) is 0 Å². The van der Waals surface area contributed by atoms with Gasteiger partial charge >= 0.3 is 0 Å². The van der Waals surface area contributed by atoms with Crippen LogP contribution in [-0.2, 0) is 16.2 Å². The Hall–Kier alpha value is -5.98. The van der Waals surface area contributed by atoms with Crippen LogP contribution in [0, 0.1) is 5.92 Å². The molecule has 1 aliphatic rings. The Morgan fingerprint density at radius 1 is 0.370 bits per heavy atom. The lowest BCUT2D eigenvalue weighted by Gasteiger charge is -2.42. The summed E-state index contributed by atoms with van der Waals surface area (Å²) < 4.78 is 0. The summed E-state index contributed by atoms with van der Waals surface area (Å²) >= 11 is 0. The van der Waals surface area contributed by atoms with E-state index in [0.29, 0.717) is 6.42 Å². The highest BCUT2D eigenvalue weighted by Crippen LogP contribution is 2.50. The van der Waals surface area contributed by atoms with E-state index in [-0.39, 0.29) is 34.7 Å². The molecule has 6 N–H and O–H groups in total. The number of rotatable bonds is 9. The summed E-state index contributed by atoms with van der Waals surface area (Å²) in [7, 11) is 0. The Morgan fingerprint density at radius 2 is 0.667 bits per heavy atom. The molecule has 0 saturated carbocycles. The summed E-state index contributed by atoms with van der Waals surface area (Å²) in [6.07, 6.45) is 4.82. The lowest BCUT2D eigenvalue weighted by atomic mass is 9.61. The van der Waals surface area contributed by atoms with Crippen molar-refractivity contribution in [3.05, 3.63) is 196 Å². The molecule has 54 heavy (non-hydrogen) atoms. The van der Waals surface area contributed by atoms with Crippen LogP contribution < -0.4 is 0 Å². The van der Waals surface area contributed by atoms with Crippen molar-refractivity contribution in [2.75, 3.05) is 0 Å². The lowest BCUT2D eigenvalue weighted by Crippen LogP contribution is -2.36. The Balaban J connectivity index is 1.61. The Kier molecular flexibility index (Phi) is 9.50. The molecule has 7 rings (SSSR count). The zero-order valence-electron chi connectivity index (χ0n) is 30.7. The number of phenols is 5. The minimum atomic E-state index is -0.800. The van der Waals surface area contributed by atoms with Crippen molar-refractivity contribution in [2.24, 2.45) is 5.92 Å². The van der Waals surface area contributed by atoms with Crippen LogP contribution in [-0.4, -0.2) is 36.7 Å². The molecule has 0 amide bonds. The highest BCUT2D eigenvalue weighted by Gasteiger charge is 2.42. The summed E-state index contributed by atoms with van der Waals surface area (Å²) in [5.41, 5.74) is 5.39. The molecule has 6 nitrogen and oxygen atoms in total. The molecule has 0 heterocycles. The van der Waals surface area contributed by atoms with Gasteiger partial charge < -0.3 is 30.6 Å². The van der Waals surface area contributed by atoms with Crippen molar-refractivity contribution in [3.8, 4) is 28.7 Å². The summed E-state index contributed by atoms with van der Waals surface area (Å²) in [5, 5.41) is 62.5. The first-order valence-corrected chi connectivity index (χ1v) is 18.3. The standard InChI is InChI=1S/C48H46O6/c1-46(31-4-16-40(49)17-5-31,32-6-18-41(50)19-7-32)37-28-38(47(2,33-8-20-42(51)21-9-33)34-10-22-43(52)23-11-34)30-39(29-37)48(3,35-12-24-44(53)25-13-35)36-14-26-45(54)27-15-36/h4-14,16-26,28-30,36,45,49-54H,15,27H2,1-3H3. The van der Waals surface area contributed by atoms with Crippen LogP contribution in [0.25, 0.3) is 0 Å². The minimum Gasteiger partial charge on any atom is -0.508 e. The zero-order chi connectivity index (χ0) is 38.3. The number of benzene rings is 6. The van der Waals surface area contributed by atoms with E-state index in [1.54, 1.807) is 60.7 Å². The smallest absolute Gasteiger partial charge is 0.115 e. The first-order chi connectivity index (χ1) is 25.8. The average Bonchev–Trinajstić information content (AvgIpc) is 3.18. The molecule has 0 fully saturated rings. The van der Waals surface area contributed by atoms with Crippen molar-refractivity contribution in [1.82, 2.24) is 0 Å². The summed E-state index contributed by atoms with van der Waals surface area (Å²) in [4.78, 5) is 0. The maximum atomic E-state index is 10.6. The first kappa shape index (κ1) is 36.4. The van der Waals surface area contributed by atoms with E-state index >= 15 is 0 Å². The molecule has 0 spiro atoms. The fourth-order valence-electron chi connectivity index (χ4n) is 8.37. The van der Waals surface area contributed by atoms with Gasteiger partial charge in [0.2, 0.25) is 0 Å². The Morgan fingerprint density at radius 3 is 0.963 bits per heavy atom. The average molecular weight is 719 g/mol. The zero-order valence-corrected chi connectivity index (χ0v) is 30.7. The second kappa shape index (κ2) is 14.1. The van der Waals surface area contributed by atoms with Crippen LogP contribution in [0.5, 0.6) is 28.7 Å². The molecule has 0 radical (unpaired) electrons. The van der Waals surface area contributed by atoms with E-state index in [1.165, 1.54) is 0 Å². The Labute approximate surface area is 316 Å². The number of aliphatic hydroxyl groups excluding tert-OH is 1. The second-order valence-corrected chi connectivity index (χ2v) is 15.1. The van der Waals surface area contributed by atoms with E-state index in [2.05, 4.69) is 45.0 Å². The van der Waals surface area contributed by atoms with Crippen molar-refractivity contribution in [3.63, 3.8) is 0 Å². The molecule has 1 aliphatic carbocycles. The monoisotopic (exact) mass is 718 g/mol. The number of allylic oxidation sites excluding steroid dienone is 1. The van der Waals surface area contributed by atoms with Gasteiger partial charge in [-0.2, -0.15) is 0 Å². The fraction of sp³-hybridized carbons (Fsp3) is 0.208. The third kappa shape index (κ3) is 6.48. The van der Waals surface area contributed by atoms with Gasteiger partial charge in [0.25, 0.3) is 0 Å². The first-order valence-electron chi connectivity index (χ1n) is 18.3. The topological polar surface area (TPSA) is 121 Å². The molecule has 274 valence electrons. The predicted octanol–water partition coefficient (Wildman–Crippen LogP) is 9.56. The Bertz CT molecular complexity index is 2050. The molecule has 0 bridgehead atoms. The van der Waals surface area contributed by atoms with E-state index in [1.807, 2.05) is 66.7 Å². The maximum Gasteiger partial charge on any atom is 0.115 e. The van der Waals surface area contributed by atoms with E-state index < -0.39 is 22.3 Å². The minimum absolute atomic E-state index is 0.0178. The number of aromatic hydroxyl groups is 5. The molecule has 6 aromatic rings. The van der Waals surface area contributed by atoms with Crippen molar-refractivity contribution in [1.29, 1.82) is 0 Å². The lowest BCUT2D eigenvalue weighted by molar-refractivity contribution is 0.184. The van der Waals surface area contributed by atoms with Crippen LogP contribution in [0.2, 0.25) is 0 Å². The summed E-state index contributed by atoms with van der Waals surface area (Å²) in [6.45, 7) is 6.54. The number of aliphatic hydroxyl groups is 1. The van der Waals surface area contributed by atoms with Gasteiger partial charge in [-0.1, -0.05) is 97.9 Å². The predicted molar refractivity (Wildman–Crippen MR) is 212 cm³/mol. The van der Waals surface area contributed by atoms with Crippen LogP contribution in [0.15, 0.2) is 152 Å². The van der Waals surface area contributed by atoms with Crippen molar-refractivity contribution in [2.45, 2.75) is 56.0 Å². The van der Waals surface area contributed by atoms with Gasteiger partial charge in [0, 0.05) is 16.2 Å². The molecule has 0 aromatic heterocycles. The van der Waals surface area contributed by atoms with Crippen molar-refractivity contribution < 1.29 is 30.6 Å². The van der Waals surface area contributed by atoms with E-state index in [9.17, 15) is 30.6 Å². The molecule has 6 aromatic carbocycles.